The Bertz CT molecular complexity index is 631. The zero-order valence-corrected chi connectivity index (χ0v) is 11.7. The van der Waals surface area contributed by atoms with Crippen LogP contribution in [-0.2, 0) is 14.6 Å². The number of pyridine rings is 1. The van der Waals surface area contributed by atoms with Gasteiger partial charge in [-0.2, -0.15) is 0 Å². The summed E-state index contributed by atoms with van der Waals surface area (Å²) in [5.74, 6) is 0.271. The summed E-state index contributed by atoms with van der Waals surface area (Å²) >= 11 is 3.29. The van der Waals surface area contributed by atoms with E-state index in [0.29, 0.717) is 18.1 Å². The minimum atomic E-state index is -3.14. The fourth-order valence-electron chi connectivity index (χ4n) is 2.25. The first-order chi connectivity index (χ1) is 8.46. The molecule has 0 bridgehead atoms. The van der Waals surface area contributed by atoms with E-state index >= 15 is 0 Å². The van der Waals surface area contributed by atoms with Crippen LogP contribution in [0.5, 0.6) is 0 Å². The lowest BCUT2D eigenvalue weighted by Gasteiger charge is -2.39. The molecule has 1 fully saturated rings. The molecule has 0 spiro atoms. The molecule has 0 aromatic carbocycles. The molecule has 96 valence electrons. The third kappa shape index (κ3) is 1.89. The van der Waals surface area contributed by atoms with Gasteiger partial charge in [-0.3, -0.25) is 4.79 Å². The Hall–Kier alpha value is -1.15. The third-order valence-electron chi connectivity index (χ3n) is 3.10. The molecular formula is C10H10BrN3O3S. The van der Waals surface area contributed by atoms with Gasteiger partial charge in [-0.15, -0.1) is 0 Å². The second-order valence-electron chi connectivity index (χ2n) is 4.34. The van der Waals surface area contributed by atoms with Crippen molar-refractivity contribution in [1.29, 1.82) is 0 Å². The maximum Gasteiger partial charge on any atom is 0.248 e. The number of sulfone groups is 1. The van der Waals surface area contributed by atoms with E-state index in [2.05, 4.69) is 26.2 Å². The van der Waals surface area contributed by atoms with Gasteiger partial charge in [0.15, 0.2) is 15.7 Å². The van der Waals surface area contributed by atoms with Gasteiger partial charge in [-0.25, -0.2) is 13.4 Å². The fraction of sp³-hybridized carbons (Fsp3) is 0.400. The predicted octanol–water partition coefficient (Wildman–Crippen LogP) is 0.400. The maximum atomic E-state index is 11.9. The molecule has 0 saturated carbocycles. The molecule has 3 heterocycles. The highest BCUT2D eigenvalue weighted by Gasteiger charge is 2.40. The van der Waals surface area contributed by atoms with Crippen LogP contribution >= 0.6 is 15.9 Å². The Morgan fingerprint density at radius 1 is 1.50 bits per heavy atom. The number of amides is 1. The first-order valence-electron chi connectivity index (χ1n) is 5.40. The van der Waals surface area contributed by atoms with Crippen molar-refractivity contribution >= 4 is 43.2 Å². The van der Waals surface area contributed by atoms with E-state index in [9.17, 15) is 13.2 Å². The lowest BCUT2D eigenvalue weighted by atomic mass is 10.1. The van der Waals surface area contributed by atoms with Crippen molar-refractivity contribution in [1.82, 2.24) is 4.98 Å². The fourth-order valence-corrected chi connectivity index (χ4v) is 4.03. The van der Waals surface area contributed by atoms with Gasteiger partial charge in [-0.1, -0.05) is 0 Å². The Kier molecular flexibility index (Phi) is 2.60. The number of anilines is 2. The summed E-state index contributed by atoms with van der Waals surface area (Å²) in [7, 11) is -3.14. The lowest BCUT2D eigenvalue weighted by molar-refractivity contribution is -0.117. The minimum absolute atomic E-state index is 0.0635. The second kappa shape index (κ2) is 3.92. The molecule has 0 radical (unpaired) electrons. The van der Waals surface area contributed by atoms with Crippen molar-refractivity contribution in [2.24, 2.45) is 0 Å². The van der Waals surface area contributed by atoms with Crippen LogP contribution in [0.15, 0.2) is 16.7 Å². The van der Waals surface area contributed by atoms with Crippen LogP contribution in [0.25, 0.3) is 0 Å². The molecule has 2 aliphatic rings. The number of rotatable bonds is 0. The van der Waals surface area contributed by atoms with Crippen LogP contribution in [0, 0.1) is 0 Å². The van der Waals surface area contributed by atoms with Crippen LogP contribution in [0.4, 0.5) is 11.5 Å². The molecule has 1 saturated heterocycles. The highest BCUT2D eigenvalue weighted by Crippen LogP contribution is 2.33. The summed E-state index contributed by atoms with van der Waals surface area (Å²) < 4.78 is 23.9. The molecule has 1 N–H and O–H groups in total. The highest BCUT2D eigenvalue weighted by molar-refractivity contribution is 9.10. The number of hydrogen-bond donors (Lipinski definition) is 1. The number of hydrogen-bond acceptors (Lipinski definition) is 5. The van der Waals surface area contributed by atoms with Crippen molar-refractivity contribution < 1.29 is 13.2 Å². The number of nitrogens with one attached hydrogen (secondary N) is 1. The number of fused-ring (bicyclic) bond motifs is 3. The van der Waals surface area contributed by atoms with E-state index in [0.717, 1.165) is 4.47 Å². The van der Waals surface area contributed by atoms with Crippen LogP contribution in [0.1, 0.15) is 0 Å². The predicted molar refractivity (Wildman–Crippen MR) is 70.4 cm³/mol. The van der Waals surface area contributed by atoms with Crippen molar-refractivity contribution in [3.63, 3.8) is 0 Å². The second-order valence-corrected chi connectivity index (χ2v) is 7.48. The molecule has 0 aliphatic carbocycles. The van der Waals surface area contributed by atoms with Crippen LogP contribution in [0.2, 0.25) is 0 Å². The molecule has 8 heteroatoms. The smallest absolute Gasteiger partial charge is 0.248 e. The monoisotopic (exact) mass is 331 g/mol. The number of carbonyl (C=O) groups is 1. The van der Waals surface area contributed by atoms with Crippen molar-refractivity contribution in [3.05, 3.63) is 16.7 Å². The molecule has 6 nitrogen and oxygen atoms in total. The SMILES string of the molecule is O=C1Nc2cc(Br)cnc2N2CCS(=O)(=O)CC12. The average molecular weight is 332 g/mol. The zero-order valence-electron chi connectivity index (χ0n) is 9.26. The third-order valence-corrected chi connectivity index (χ3v) is 5.16. The van der Waals surface area contributed by atoms with Crippen molar-refractivity contribution in [2.45, 2.75) is 6.04 Å². The number of aromatic nitrogens is 1. The molecule has 1 aromatic heterocycles. The average Bonchev–Trinajstić information content (AvgIpc) is 2.28. The zero-order chi connectivity index (χ0) is 12.9. The Morgan fingerprint density at radius 2 is 2.28 bits per heavy atom. The standard InChI is InChI=1S/C10H10BrN3O3S/c11-6-3-7-9(12-4-6)14-1-2-18(16,17)5-8(14)10(15)13-7/h3-4,8H,1-2,5H2,(H,13,15). The topological polar surface area (TPSA) is 79.4 Å². The summed E-state index contributed by atoms with van der Waals surface area (Å²) in [6.45, 7) is 0.308. The summed E-state index contributed by atoms with van der Waals surface area (Å²) in [6, 6.07) is 1.10. The summed E-state index contributed by atoms with van der Waals surface area (Å²) in [6.07, 6.45) is 1.64. The van der Waals surface area contributed by atoms with E-state index in [-0.39, 0.29) is 17.4 Å². The quantitative estimate of drug-likeness (QED) is 0.744. The van der Waals surface area contributed by atoms with E-state index < -0.39 is 15.9 Å². The van der Waals surface area contributed by atoms with Gasteiger partial charge in [0.2, 0.25) is 5.91 Å². The largest absolute Gasteiger partial charge is 0.341 e. The summed E-state index contributed by atoms with van der Waals surface area (Å²) in [5, 5.41) is 2.70. The molecule has 1 unspecified atom stereocenters. The molecule has 2 aliphatic heterocycles. The van der Waals surface area contributed by atoms with E-state index in [4.69, 9.17) is 0 Å². The van der Waals surface area contributed by atoms with E-state index in [1.807, 2.05) is 0 Å². The highest BCUT2D eigenvalue weighted by atomic mass is 79.9. The summed E-state index contributed by atoms with van der Waals surface area (Å²) in [4.78, 5) is 18.0. The van der Waals surface area contributed by atoms with Gasteiger partial charge in [0.25, 0.3) is 0 Å². The van der Waals surface area contributed by atoms with Gasteiger partial charge in [-0.05, 0) is 22.0 Å². The maximum absolute atomic E-state index is 11.9. The van der Waals surface area contributed by atoms with E-state index in [1.165, 1.54) is 0 Å². The van der Waals surface area contributed by atoms with Gasteiger partial charge < -0.3 is 10.2 Å². The number of carbonyl (C=O) groups excluding carboxylic acids is 1. The lowest BCUT2D eigenvalue weighted by Crippen LogP contribution is -2.57. The minimum Gasteiger partial charge on any atom is -0.341 e. The van der Waals surface area contributed by atoms with Crippen LogP contribution in [0.3, 0.4) is 0 Å². The van der Waals surface area contributed by atoms with Crippen molar-refractivity contribution in [3.8, 4) is 0 Å². The molecule has 18 heavy (non-hydrogen) atoms. The van der Waals surface area contributed by atoms with Gasteiger partial charge >= 0.3 is 0 Å². The first kappa shape index (κ1) is 11.9. The molecular weight excluding hydrogens is 322 g/mol. The summed E-state index contributed by atoms with van der Waals surface area (Å²) in [5.41, 5.74) is 0.616. The van der Waals surface area contributed by atoms with Crippen LogP contribution < -0.4 is 10.2 Å². The number of halogens is 1. The molecule has 1 atom stereocenters. The van der Waals surface area contributed by atoms with E-state index in [1.54, 1.807) is 17.2 Å². The molecule has 1 amide bonds. The number of nitrogens with zero attached hydrogens (tertiary/aromatic N) is 2. The molecule has 3 rings (SSSR count). The Labute approximate surface area is 112 Å². The molecule has 1 aromatic rings. The van der Waals surface area contributed by atoms with Gasteiger partial charge in [0, 0.05) is 17.2 Å². The van der Waals surface area contributed by atoms with Gasteiger partial charge in [0.1, 0.15) is 6.04 Å². The van der Waals surface area contributed by atoms with Crippen molar-refractivity contribution in [2.75, 3.05) is 28.3 Å². The Morgan fingerprint density at radius 3 is 3.06 bits per heavy atom. The normalized spacial score (nSPS) is 25.1. The first-order valence-corrected chi connectivity index (χ1v) is 8.01. The Balaban J connectivity index is 2.06. The van der Waals surface area contributed by atoms with Crippen LogP contribution in [-0.4, -0.2) is 43.4 Å². The van der Waals surface area contributed by atoms with Gasteiger partial charge in [0.05, 0.1) is 17.2 Å².